The predicted octanol–water partition coefficient (Wildman–Crippen LogP) is 1.96. The van der Waals surface area contributed by atoms with Crippen molar-refractivity contribution in [2.75, 3.05) is 26.7 Å². The first-order chi connectivity index (χ1) is 7.33. The molecule has 0 saturated heterocycles. The van der Waals surface area contributed by atoms with Gasteiger partial charge in [-0.1, -0.05) is 6.92 Å². The number of nitrogens with zero attached hydrogens (tertiary/aromatic N) is 2. The average molecular weight is 227 g/mol. The molecule has 0 amide bonds. The van der Waals surface area contributed by atoms with E-state index in [2.05, 4.69) is 34.6 Å². The van der Waals surface area contributed by atoms with E-state index in [0.29, 0.717) is 0 Å². The molecule has 0 fully saturated rings. The van der Waals surface area contributed by atoms with Gasteiger partial charge in [0.2, 0.25) is 0 Å². The molecule has 1 rings (SSSR count). The van der Waals surface area contributed by atoms with E-state index in [0.717, 1.165) is 26.2 Å². The molecule has 0 unspecified atom stereocenters. The van der Waals surface area contributed by atoms with Gasteiger partial charge in [-0.3, -0.25) is 0 Å². The number of nitrogens with one attached hydrogen (secondary N) is 1. The lowest BCUT2D eigenvalue weighted by Gasteiger charge is -2.15. The molecule has 1 aromatic rings. The topological polar surface area (TPSA) is 28.2 Å². The molecule has 0 bridgehead atoms. The summed E-state index contributed by atoms with van der Waals surface area (Å²) in [7, 11) is 2.15. The Morgan fingerprint density at radius 1 is 1.47 bits per heavy atom. The average Bonchev–Trinajstić information content (AvgIpc) is 2.70. The lowest BCUT2D eigenvalue weighted by molar-refractivity contribution is 0.316. The van der Waals surface area contributed by atoms with Crippen LogP contribution in [0.2, 0.25) is 0 Å². The van der Waals surface area contributed by atoms with E-state index >= 15 is 0 Å². The minimum atomic E-state index is 0.970. The van der Waals surface area contributed by atoms with E-state index < -0.39 is 0 Å². The lowest BCUT2D eigenvalue weighted by Crippen LogP contribution is -2.24. The van der Waals surface area contributed by atoms with Gasteiger partial charge in [-0.15, -0.1) is 11.3 Å². The highest BCUT2D eigenvalue weighted by Crippen LogP contribution is 2.03. The molecule has 0 aliphatic carbocycles. The van der Waals surface area contributed by atoms with Crippen molar-refractivity contribution in [3.8, 4) is 0 Å². The van der Waals surface area contributed by atoms with Crippen molar-refractivity contribution in [3.05, 3.63) is 16.6 Å². The van der Waals surface area contributed by atoms with Crippen LogP contribution in [0.3, 0.4) is 0 Å². The molecule has 0 atom stereocenters. The first-order valence-electron chi connectivity index (χ1n) is 5.59. The van der Waals surface area contributed by atoms with Crippen LogP contribution in [-0.2, 0) is 6.54 Å². The van der Waals surface area contributed by atoms with E-state index in [-0.39, 0.29) is 0 Å². The molecular weight excluding hydrogens is 206 g/mol. The molecule has 86 valence electrons. The third-order valence-electron chi connectivity index (χ3n) is 2.24. The van der Waals surface area contributed by atoms with Gasteiger partial charge < -0.3 is 10.2 Å². The van der Waals surface area contributed by atoms with Crippen LogP contribution in [0.5, 0.6) is 0 Å². The predicted molar refractivity (Wildman–Crippen MR) is 66.2 cm³/mol. The highest BCUT2D eigenvalue weighted by molar-refractivity contribution is 7.07. The van der Waals surface area contributed by atoms with E-state index in [4.69, 9.17) is 0 Å². The highest BCUT2D eigenvalue weighted by atomic mass is 32.1. The van der Waals surface area contributed by atoms with Gasteiger partial charge in [0.05, 0.1) is 11.2 Å². The van der Waals surface area contributed by atoms with Gasteiger partial charge in [0.15, 0.2) is 0 Å². The maximum atomic E-state index is 4.28. The standard InChI is InChI=1S/C11H21N3S/c1-3-5-12-6-4-7-14(2)8-11-9-15-10-13-11/h9-10,12H,3-8H2,1-2H3. The van der Waals surface area contributed by atoms with Crippen LogP contribution in [0.4, 0.5) is 0 Å². The molecule has 3 nitrogen and oxygen atoms in total. The monoisotopic (exact) mass is 227 g/mol. The summed E-state index contributed by atoms with van der Waals surface area (Å²) < 4.78 is 0. The summed E-state index contributed by atoms with van der Waals surface area (Å²) >= 11 is 1.67. The molecule has 1 heterocycles. The number of rotatable bonds is 8. The van der Waals surface area contributed by atoms with Crippen LogP contribution in [0.1, 0.15) is 25.5 Å². The molecule has 0 saturated carbocycles. The third-order valence-corrected chi connectivity index (χ3v) is 2.87. The second kappa shape index (κ2) is 7.79. The molecule has 4 heteroatoms. The first kappa shape index (κ1) is 12.6. The van der Waals surface area contributed by atoms with E-state index in [1.165, 1.54) is 18.5 Å². The van der Waals surface area contributed by atoms with Gasteiger partial charge in [-0.25, -0.2) is 4.98 Å². The van der Waals surface area contributed by atoms with E-state index in [1.54, 1.807) is 11.3 Å². The minimum Gasteiger partial charge on any atom is -0.317 e. The van der Waals surface area contributed by atoms with Crippen LogP contribution >= 0.6 is 11.3 Å². The largest absolute Gasteiger partial charge is 0.317 e. The zero-order valence-corrected chi connectivity index (χ0v) is 10.5. The van der Waals surface area contributed by atoms with Crippen molar-refractivity contribution >= 4 is 11.3 Å². The summed E-state index contributed by atoms with van der Waals surface area (Å²) in [5.74, 6) is 0. The summed E-state index contributed by atoms with van der Waals surface area (Å²) in [5, 5.41) is 5.53. The molecule has 0 aliphatic rings. The third kappa shape index (κ3) is 5.87. The summed E-state index contributed by atoms with van der Waals surface area (Å²) in [6.45, 7) is 6.55. The second-order valence-electron chi connectivity index (χ2n) is 3.82. The van der Waals surface area contributed by atoms with Crippen LogP contribution in [0, 0.1) is 0 Å². The van der Waals surface area contributed by atoms with Gasteiger partial charge >= 0.3 is 0 Å². The Morgan fingerprint density at radius 3 is 3.00 bits per heavy atom. The Bertz CT molecular complexity index is 236. The van der Waals surface area contributed by atoms with Crippen molar-refractivity contribution in [3.63, 3.8) is 0 Å². The minimum absolute atomic E-state index is 0.970. The first-order valence-corrected chi connectivity index (χ1v) is 6.53. The van der Waals surface area contributed by atoms with Gasteiger partial charge in [0, 0.05) is 11.9 Å². The Hall–Kier alpha value is -0.450. The molecule has 0 spiro atoms. The highest BCUT2D eigenvalue weighted by Gasteiger charge is 2.00. The molecule has 0 aromatic carbocycles. The summed E-state index contributed by atoms with van der Waals surface area (Å²) in [4.78, 5) is 6.60. The van der Waals surface area contributed by atoms with Crippen molar-refractivity contribution < 1.29 is 0 Å². The zero-order valence-electron chi connectivity index (χ0n) is 9.70. The number of hydrogen-bond acceptors (Lipinski definition) is 4. The van der Waals surface area contributed by atoms with Crippen molar-refractivity contribution in [2.45, 2.75) is 26.3 Å². The molecule has 0 aliphatic heterocycles. The van der Waals surface area contributed by atoms with Gasteiger partial charge in [-0.2, -0.15) is 0 Å². The summed E-state index contributed by atoms with van der Waals surface area (Å²) in [5.41, 5.74) is 3.08. The second-order valence-corrected chi connectivity index (χ2v) is 4.54. The van der Waals surface area contributed by atoms with Crippen LogP contribution < -0.4 is 5.32 Å². The summed E-state index contributed by atoms with van der Waals surface area (Å²) in [6, 6.07) is 0. The quantitative estimate of drug-likeness (QED) is 0.688. The van der Waals surface area contributed by atoms with Crippen molar-refractivity contribution in [2.24, 2.45) is 0 Å². The van der Waals surface area contributed by atoms with E-state index in [1.807, 2.05) is 5.51 Å². The molecule has 0 radical (unpaired) electrons. The summed E-state index contributed by atoms with van der Waals surface area (Å²) in [6.07, 6.45) is 2.43. The molecule has 15 heavy (non-hydrogen) atoms. The fraction of sp³-hybridized carbons (Fsp3) is 0.727. The van der Waals surface area contributed by atoms with Crippen molar-refractivity contribution in [1.82, 2.24) is 15.2 Å². The van der Waals surface area contributed by atoms with Gasteiger partial charge in [-0.05, 0) is 39.5 Å². The Kier molecular flexibility index (Phi) is 6.55. The molecular formula is C11H21N3S. The number of thiazole rings is 1. The fourth-order valence-corrected chi connectivity index (χ4v) is 2.00. The zero-order chi connectivity index (χ0) is 10.9. The fourth-order valence-electron chi connectivity index (χ4n) is 1.45. The van der Waals surface area contributed by atoms with Gasteiger partial charge in [0.1, 0.15) is 0 Å². The normalized spacial score (nSPS) is 11.1. The Balaban J connectivity index is 2.01. The van der Waals surface area contributed by atoms with Crippen LogP contribution in [0.25, 0.3) is 0 Å². The number of aromatic nitrogens is 1. The maximum absolute atomic E-state index is 4.28. The van der Waals surface area contributed by atoms with Crippen molar-refractivity contribution in [1.29, 1.82) is 0 Å². The number of hydrogen-bond donors (Lipinski definition) is 1. The lowest BCUT2D eigenvalue weighted by atomic mass is 10.3. The van der Waals surface area contributed by atoms with Crippen LogP contribution in [-0.4, -0.2) is 36.6 Å². The van der Waals surface area contributed by atoms with Gasteiger partial charge in [0.25, 0.3) is 0 Å². The molecule has 1 N–H and O–H groups in total. The SMILES string of the molecule is CCCNCCCN(C)Cc1cscn1. The Morgan fingerprint density at radius 2 is 2.33 bits per heavy atom. The maximum Gasteiger partial charge on any atom is 0.0795 e. The van der Waals surface area contributed by atoms with Crippen LogP contribution in [0.15, 0.2) is 10.9 Å². The van der Waals surface area contributed by atoms with E-state index in [9.17, 15) is 0 Å². The smallest absolute Gasteiger partial charge is 0.0795 e. The Labute approximate surface area is 96.5 Å². The molecule has 1 aromatic heterocycles.